The average Bonchev–Trinajstić information content (AvgIpc) is 2.63. The van der Waals surface area contributed by atoms with Crippen molar-refractivity contribution < 1.29 is 13.2 Å². The summed E-state index contributed by atoms with van der Waals surface area (Å²) in [6, 6.07) is 7.98. The van der Waals surface area contributed by atoms with Crippen molar-refractivity contribution in [1.82, 2.24) is 4.90 Å². The maximum Gasteiger partial charge on any atom is 0.244 e. The van der Waals surface area contributed by atoms with Crippen molar-refractivity contribution in [2.24, 2.45) is 0 Å². The van der Waals surface area contributed by atoms with Crippen molar-refractivity contribution in [1.29, 1.82) is 0 Å². The zero-order chi connectivity index (χ0) is 18.0. The molecule has 2 heterocycles. The van der Waals surface area contributed by atoms with Crippen molar-refractivity contribution in [3.8, 4) is 0 Å². The molecule has 0 aliphatic carbocycles. The number of amides is 1. The molecule has 138 valence electrons. The van der Waals surface area contributed by atoms with Gasteiger partial charge in [-0.2, -0.15) is 0 Å². The fourth-order valence-corrected chi connectivity index (χ4v) is 5.36. The molecule has 2 aliphatic rings. The van der Waals surface area contributed by atoms with Crippen LogP contribution in [-0.4, -0.2) is 55.9 Å². The van der Waals surface area contributed by atoms with E-state index in [1.165, 1.54) is 5.56 Å². The fraction of sp³-hybridized carbons (Fsp3) is 0.632. The Balaban J connectivity index is 1.67. The van der Waals surface area contributed by atoms with Gasteiger partial charge in [-0.05, 0) is 44.7 Å². The van der Waals surface area contributed by atoms with E-state index in [0.29, 0.717) is 25.9 Å². The van der Waals surface area contributed by atoms with Crippen LogP contribution in [0, 0.1) is 6.92 Å². The third-order valence-corrected chi connectivity index (χ3v) is 7.88. The molecule has 0 aromatic heterocycles. The highest BCUT2D eigenvalue weighted by Crippen LogP contribution is 2.27. The Labute approximate surface area is 150 Å². The maximum absolute atomic E-state index is 13.0. The molecule has 0 N–H and O–H groups in total. The summed E-state index contributed by atoms with van der Waals surface area (Å²) in [7, 11) is -2.97. The van der Waals surface area contributed by atoms with Crippen molar-refractivity contribution >= 4 is 21.4 Å². The topological polar surface area (TPSA) is 57.7 Å². The number of rotatable bonds is 4. The predicted molar refractivity (Wildman–Crippen MR) is 101 cm³/mol. The van der Waals surface area contributed by atoms with Gasteiger partial charge < -0.3 is 4.90 Å². The first-order valence-corrected chi connectivity index (χ1v) is 11.0. The minimum atomic E-state index is -2.97. The molecule has 2 saturated heterocycles. The highest BCUT2D eigenvalue weighted by atomic mass is 32.2. The molecule has 1 aromatic rings. The second-order valence-corrected chi connectivity index (χ2v) is 9.74. The van der Waals surface area contributed by atoms with Crippen molar-refractivity contribution in [3.05, 3.63) is 29.8 Å². The SMILES string of the molecule is CCS(=O)(=O)C1CCN(C2CCCN(c3ccc(C)cc3)C2=O)CC1. The number of likely N-dealkylation sites (tertiary alicyclic amines) is 1. The lowest BCUT2D eigenvalue weighted by molar-refractivity contribution is -0.125. The monoisotopic (exact) mass is 364 g/mol. The van der Waals surface area contributed by atoms with Crippen LogP contribution in [0.4, 0.5) is 5.69 Å². The number of piperidine rings is 2. The predicted octanol–water partition coefficient (Wildman–Crippen LogP) is 2.39. The molecular formula is C19H28N2O3S. The van der Waals surface area contributed by atoms with Crippen molar-refractivity contribution in [3.63, 3.8) is 0 Å². The van der Waals surface area contributed by atoms with E-state index in [1.54, 1.807) is 6.92 Å². The molecule has 0 radical (unpaired) electrons. The number of hydrogen-bond donors (Lipinski definition) is 0. The fourth-order valence-electron chi connectivity index (χ4n) is 3.96. The lowest BCUT2D eigenvalue weighted by Gasteiger charge is -2.41. The van der Waals surface area contributed by atoms with Crippen LogP contribution in [-0.2, 0) is 14.6 Å². The van der Waals surface area contributed by atoms with Gasteiger partial charge >= 0.3 is 0 Å². The van der Waals surface area contributed by atoms with E-state index in [0.717, 1.165) is 25.1 Å². The van der Waals surface area contributed by atoms with Gasteiger partial charge in [0.1, 0.15) is 0 Å². The Morgan fingerprint density at radius 1 is 1.04 bits per heavy atom. The van der Waals surface area contributed by atoms with E-state index in [4.69, 9.17) is 0 Å². The average molecular weight is 365 g/mol. The Morgan fingerprint density at radius 3 is 2.28 bits per heavy atom. The normalized spacial score (nSPS) is 23.8. The summed E-state index contributed by atoms with van der Waals surface area (Å²) in [5, 5.41) is -0.236. The van der Waals surface area contributed by atoms with Gasteiger partial charge in [-0.25, -0.2) is 8.42 Å². The number of carbonyl (C=O) groups is 1. The third kappa shape index (κ3) is 3.90. The van der Waals surface area contributed by atoms with Crippen LogP contribution in [0.3, 0.4) is 0 Å². The van der Waals surface area contributed by atoms with E-state index >= 15 is 0 Å². The van der Waals surface area contributed by atoms with Gasteiger partial charge in [0.25, 0.3) is 0 Å². The van der Waals surface area contributed by atoms with E-state index in [-0.39, 0.29) is 23.0 Å². The highest BCUT2D eigenvalue weighted by Gasteiger charge is 2.37. The van der Waals surface area contributed by atoms with Crippen LogP contribution in [0.15, 0.2) is 24.3 Å². The zero-order valence-corrected chi connectivity index (χ0v) is 16.0. The largest absolute Gasteiger partial charge is 0.311 e. The molecule has 1 aromatic carbocycles. The summed E-state index contributed by atoms with van der Waals surface area (Å²) in [5.41, 5.74) is 2.15. The van der Waals surface area contributed by atoms with Crippen molar-refractivity contribution in [2.45, 2.75) is 50.8 Å². The number of hydrogen-bond acceptors (Lipinski definition) is 4. The van der Waals surface area contributed by atoms with Gasteiger partial charge in [0, 0.05) is 31.1 Å². The smallest absolute Gasteiger partial charge is 0.244 e. The van der Waals surface area contributed by atoms with Gasteiger partial charge in [0.15, 0.2) is 9.84 Å². The Hall–Kier alpha value is -1.40. The third-order valence-electron chi connectivity index (χ3n) is 5.58. The quantitative estimate of drug-likeness (QED) is 0.823. The van der Waals surface area contributed by atoms with Crippen LogP contribution in [0.25, 0.3) is 0 Å². The molecule has 1 atom stereocenters. The molecule has 3 rings (SSSR count). The lowest BCUT2D eigenvalue weighted by Crippen LogP contribution is -2.55. The van der Waals surface area contributed by atoms with E-state index in [1.807, 2.05) is 36.1 Å². The van der Waals surface area contributed by atoms with E-state index in [9.17, 15) is 13.2 Å². The summed E-state index contributed by atoms with van der Waals surface area (Å²) < 4.78 is 24.1. The van der Waals surface area contributed by atoms with E-state index in [2.05, 4.69) is 4.90 Å². The molecule has 5 nitrogen and oxygen atoms in total. The molecule has 2 aliphatic heterocycles. The Bertz CT molecular complexity index is 707. The standard InChI is InChI=1S/C19H28N2O3S/c1-3-25(23,24)17-10-13-20(14-11-17)18-5-4-12-21(19(18)22)16-8-6-15(2)7-9-16/h6-9,17-18H,3-5,10-14H2,1-2H3. The Morgan fingerprint density at radius 2 is 1.68 bits per heavy atom. The summed E-state index contributed by atoms with van der Waals surface area (Å²) in [4.78, 5) is 17.1. The number of sulfone groups is 1. The zero-order valence-electron chi connectivity index (χ0n) is 15.1. The summed E-state index contributed by atoms with van der Waals surface area (Å²) in [5.74, 6) is 0.369. The van der Waals surface area contributed by atoms with Gasteiger partial charge in [0.05, 0.1) is 11.3 Å². The second kappa shape index (κ2) is 7.46. The second-order valence-electron chi connectivity index (χ2n) is 7.17. The Kier molecular flexibility index (Phi) is 5.49. The lowest BCUT2D eigenvalue weighted by atomic mass is 9.99. The van der Waals surface area contributed by atoms with Crippen LogP contribution < -0.4 is 4.90 Å². The number of aryl methyl sites for hydroxylation is 1. The van der Waals surface area contributed by atoms with Gasteiger partial charge in [-0.15, -0.1) is 0 Å². The minimum Gasteiger partial charge on any atom is -0.311 e. The molecule has 1 unspecified atom stereocenters. The molecule has 0 spiro atoms. The first-order chi connectivity index (χ1) is 11.9. The number of nitrogens with zero attached hydrogens (tertiary/aromatic N) is 2. The molecule has 0 bridgehead atoms. The molecule has 25 heavy (non-hydrogen) atoms. The van der Waals surface area contributed by atoms with Crippen LogP contribution in [0.5, 0.6) is 0 Å². The van der Waals surface area contributed by atoms with Crippen LogP contribution in [0.1, 0.15) is 38.2 Å². The first-order valence-electron chi connectivity index (χ1n) is 9.26. The summed E-state index contributed by atoms with van der Waals surface area (Å²) in [6.07, 6.45) is 3.14. The number of carbonyl (C=O) groups excluding carboxylic acids is 1. The van der Waals surface area contributed by atoms with Gasteiger partial charge in [-0.3, -0.25) is 9.69 Å². The molecule has 6 heteroatoms. The van der Waals surface area contributed by atoms with Crippen molar-refractivity contribution in [2.75, 3.05) is 30.3 Å². The molecule has 0 saturated carbocycles. The number of anilines is 1. The first kappa shape index (κ1) is 18.4. The molecule has 2 fully saturated rings. The number of benzene rings is 1. The van der Waals surface area contributed by atoms with E-state index < -0.39 is 9.84 Å². The van der Waals surface area contributed by atoms with Gasteiger partial charge in [0.2, 0.25) is 5.91 Å². The van der Waals surface area contributed by atoms with Gasteiger partial charge in [-0.1, -0.05) is 24.6 Å². The highest BCUT2D eigenvalue weighted by molar-refractivity contribution is 7.92. The molecular weight excluding hydrogens is 336 g/mol. The van der Waals surface area contributed by atoms with Crippen LogP contribution >= 0.6 is 0 Å². The van der Waals surface area contributed by atoms with Crippen LogP contribution in [0.2, 0.25) is 0 Å². The minimum absolute atomic E-state index is 0.111. The maximum atomic E-state index is 13.0. The summed E-state index contributed by atoms with van der Waals surface area (Å²) in [6.45, 7) is 5.91. The molecule has 1 amide bonds. The summed E-state index contributed by atoms with van der Waals surface area (Å²) >= 11 is 0.